The number of imide groups is 1. The van der Waals surface area contributed by atoms with Gasteiger partial charge in [-0.15, -0.1) is 0 Å². The quantitative estimate of drug-likeness (QED) is 0.472. The summed E-state index contributed by atoms with van der Waals surface area (Å²) in [5, 5.41) is 3.11. The molecule has 2 atom stereocenters. The van der Waals surface area contributed by atoms with Gasteiger partial charge >= 0.3 is 0 Å². The zero-order valence-electron chi connectivity index (χ0n) is 18.4. The van der Waals surface area contributed by atoms with Crippen molar-refractivity contribution in [1.29, 1.82) is 0 Å². The molecule has 0 aromatic heterocycles. The highest BCUT2D eigenvalue weighted by Gasteiger charge is 2.39. The lowest BCUT2D eigenvalue weighted by atomic mass is 9.78. The Morgan fingerprint density at radius 3 is 2.30 bits per heavy atom. The Bertz CT molecular complexity index is 725. The van der Waals surface area contributed by atoms with Gasteiger partial charge in [-0.05, 0) is 63.4 Å². The molecule has 6 nitrogen and oxygen atoms in total. The van der Waals surface area contributed by atoms with E-state index >= 15 is 0 Å². The molecule has 1 saturated carbocycles. The van der Waals surface area contributed by atoms with Crippen LogP contribution in [0.2, 0.25) is 0 Å². The van der Waals surface area contributed by atoms with Gasteiger partial charge in [-0.1, -0.05) is 38.8 Å². The van der Waals surface area contributed by atoms with Crippen LogP contribution in [-0.4, -0.2) is 60.2 Å². The van der Waals surface area contributed by atoms with Crippen molar-refractivity contribution in [2.24, 2.45) is 11.8 Å². The zero-order valence-corrected chi connectivity index (χ0v) is 18.4. The normalized spacial score (nSPS) is 21.2. The molecule has 0 saturated heterocycles. The lowest BCUT2D eigenvalue weighted by Crippen LogP contribution is -2.43. The van der Waals surface area contributed by atoms with Crippen molar-refractivity contribution in [3.63, 3.8) is 0 Å². The SMILES string of the molecule is CCN(CC)CCCCNC(=O)C1CCCCC1CN1C(=O)c2ccccc2C1=O. The molecular formula is C24H35N3O3. The Morgan fingerprint density at radius 2 is 1.67 bits per heavy atom. The van der Waals surface area contributed by atoms with Crippen LogP contribution >= 0.6 is 0 Å². The summed E-state index contributed by atoms with van der Waals surface area (Å²) >= 11 is 0. The van der Waals surface area contributed by atoms with Crippen molar-refractivity contribution in [1.82, 2.24) is 15.1 Å². The molecule has 0 spiro atoms. The fourth-order valence-corrected chi connectivity index (χ4v) is 4.75. The summed E-state index contributed by atoms with van der Waals surface area (Å²) in [7, 11) is 0. The van der Waals surface area contributed by atoms with Gasteiger partial charge in [0.15, 0.2) is 0 Å². The average Bonchev–Trinajstić information content (AvgIpc) is 3.01. The summed E-state index contributed by atoms with van der Waals surface area (Å²) in [6.07, 6.45) is 5.83. The van der Waals surface area contributed by atoms with Gasteiger partial charge in [0.25, 0.3) is 11.8 Å². The highest BCUT2D eigenvalue weighted by molar-refractivity contribution is 6.21. The number of benzene rings is 1. The lowest BCUT2D eigenvalue weighted by molar-refractivity contribution is -0.128. The summed E-state index contributed by atoms with van der Waals surface area (Å²) in [6, 6.07) is 6.98. The third-order valence-corrected chi connectivity index (χ3v) is 6.64. The van der Waals surface area contributed by atoms with E-state index in [0.29, 0.717) is 24.2 Å². The Morgan fingerprint density at radius 1 is 1.03 bits per heavy atom. The molecule has 30 heavy (non-hydrogen) atoms. The molecule has 6 heteroatoms. The minimum atomic E-state index is -0.225. The van der Waals surface area contributed by atoms with Gasteiger partial charge in [-0.3, -0.25) is 19.3 Å². The molecule has 0 radical (unpaired) electrons. The van der Waals surface area contributed by atoms with Crippen LogP contribution < -0.4 is 5.32 Å². The van der Waals surface area contributed by atoms with Gasteiger partial charge in [-0.2, -0.15) is 0 Å². The third kappa shape index (κ3) is 5.09. The van der Waals surface area contributed by atoms with Gasteiger partial charge < -0.3 is 10.2 Å². The number of unbranched alkanes of at least 4 members (excludes halogenated alkanes) is 1. The number of hydrogen-bond acceptors (Lipinski definition) is 4. The molecule has 1 heterocycles. The second-order valence-electron chi connectivity index (χ2n) is 8.44. The van der Waals surface area contributed by atoms with E-state index in [0.717, 1.165) is 58.2 Å². The Hall–Kier alpha value is -2.21. The monoisotopic (exact) mass is 413 g/mol. The summed E-state index contributed by atoms with van der Waals surface area (Å²) < 4.78 is 0. The number of rotatable bonds is 10. The molecule has 164 valence electrons. The van der Waals surface area contributed by atoms with E-state index in [1.165, 1.54) is 4.90 Å². The number of amides is 3. The first-order valence-electron chi connectivity index (χ1n) is 11.5. The number of fused-ring (bicyclic) bond motifs is 1. The van der Waals surface area contributed by atoms with Crippen molar-refractivity contribution in [2.75, 3.05) is 32.7 Å². The highest BCUT2D eigenvalue weighted by Crippen LogP contribution is 2.33. The molecule has 1 fully saturated rings. The molecular weight excluding hydrogens is 378 g/mol. The maximum absolute atomic E-state index is 12.9. The van der Waals surface area contributed by atoms with Crippen LogP contribution in [0.4, 0.5) is 0 Å². The van der Waals surface area contributed by atoms with E-state index in [4.69, 9.17) is 0 Å². The molecule has 1 N–H and O–H groups in total. The van der Waals surface area contributed by atoms with E-state index in [1.54, 1.807) is 24.3 Å². The smallest absolute Gasteiger partial charge is 0.261 e. The fraction of sp³-hybridized carbons (Fsp3) is 0.625. The van der Waals surface area contributed by atoms with Crippen molar-refractivity contribution in [3.05, 3.63) is 35.4 Å². The molecule has 1 aromatic rings. The maximum atomic E-state index is 12.9. The topological polar surface area (TPSA) is 69.7 Å². The van der Waals surface area contributed by atoms with Crippen LogP contribution in [0.15, 0.2) is 24.3 Å². The van der Waals surface area contributed by atoms with Gasteiger partial charge in [0.1, 0.15) is 0 Å². The Kier molecular flexibility index (Phi) is 8.02. The summed E-state index contributed by atoms with van der Waals surface area (Å²) in [6.45, 7) is 8.55. The number of carbonyl (C=O) groups excluding carboxylic acids is 3. The van der Waals surface area contributed by atoms with E-state index in [1.807, 2.05) is 0 Å². The minimum absolute atomic E-state index is 0.0386. The van der Waals surface area contributed by atoms with E-state index in [2.05, 4.69) is 24.1 Å². The first kappa shape index (κ1) is 22.5. The van der Waals surface area contributed by atoms with Crippen LogP contribution in [0.3, 0.4) is 0 Å². The lowest BCUT2D eigenvalue weighted by Gasteiger charge is -2.32. The average molecular weight is 414 g/mol. The van der Waals surface area contributed by atoms with Crippen LogP contribution in [0.5, 0.6) is 0 Å². The number of nitrogens with one attached hydrogen (secondary N) is 1. The first-order chi connectivity index (χ1) is 14.6. The Labute approximate surface area is 180 Å². The van der Waals surface area contributed by atoms with E-state index in [9.17, 15) is 14.4 Å². The molecule has 2 aliphatic rings. The minimum Gasteiger partial charge on any atom is -0.356 e. The molecule has 2 unspecified atom stereocenters. The molecule has 3 amide bonds. The predicted octanol–water partition coefficient (Wildman–Crippen LogP) is 3.33. The number of hydrogen-bond donors (Lipinski definition) is 1. The fourth-order valence-electron chi connectivity index (χ4n) is 4.75. The number of nitrogens with zero attached hydrogens (tertiary/aromatic N) is 2. The third-order valence-electron chi connectivity index (χ3n) is 6.64. The maximum Gasteiger partial charge on any atom is 0.261 e. The van der Waals surface area contributed by atoms with Gasteiger partial charge in [0.2, 0.25) is 5.91 Å². The van der Waals surface area contributed by atoms with Crippen molar-refractivity contribution in [2.45, 2.75) is 52.4 Å². The van der Waals surface area contributed by atoms with Crippen LogP contribution in [0.25, 0.3) is 0 Å². The van der Waals surface area contributed by atoms with Crippen molar-refractivity contribution in [3.8, 4) is 0 Å². The van der Waals surface area contributed by atoms with Crippen LogP contribution in [0, 0.1) is 11.8 Å². The summed E-state index contributed by atoms with van der Waals surface area (Å²) in [4.78, 5) is 42.0. The zero-order chi connectivity index (χ0) is 21.5. The molecule has 3 rings (SSSR count). The predicted molar refractivity (Wildman–Crippen MR) is 117 cm³/mol. The Balaban J connectivity index is 1.52. The second-order valence-corrected chi connectivity index (χ2v) is 8.44. The molecule has 0 bridgehead atoms. The first-order valence-corrected chi connectivity index (χ1v) is 11.5. The van der Waals surface area contributed by atoms with Crippen LogP contribution in [-0.2, 0) is 4.79 Å². The summed E-state index contributed by atoms with van der Waals surface area (Å²) in [5.41, 5.74) is 0.958. The van der Waals surface area contributed by atoms with Gasteiger partial charge in [-0.25, -0.2) is 0 Å². The molecule has 1 aliphatic heterocycles. The number of carbonyl (C=O) groups is 3. The summed E-state index contributed by atoms with van der Waals surface area (Å²) in [5.74, 6) is -0.449. The van der Waals surface area contributed by atoms with E-state index in [-0.39, 0.29) is 29.6 Å². The standard InChI is InChI=1S/C24H35N3O3/c1-3-26(4-2)16-10-9-15-25-22(28)19-12-6-5-11-18(19)17-27-23(29)20-13-7-8-14-21(20)24(27)30/h7-8,13-14,18-19H,3-6,9-12,15-17H2,1-2H3,(H,25,28). The van der Waals surface area contributed by atoms with Gasteiger partial charge in [0, 0.05) is 19.0 Å². The van der Waals surface area contributed by atoms with Crippen molar-refractivity contribution < 1.29 is 14.4 Å². The van der Waals surface area contributed by atoms with Crippen LogP contribution in [0.1, 0.15) is 73.1 Å². The van der Waals surface area contributed by atoms with Gasteiger partial charge in [0.05, 0.1) is 11.1 Å². The van der Waals surface area contributed by atoms with Crippen molar-refractivity contribution >= 4 is 17.7 Å². The molecule has 1 aromatic carbocycles. The largest absolute Gasteiger partial charge is 0.356 e. The van der Waals surface area contributed by atoms with E-state index < -0.39 is 0 Å². The highest BCUT2D eigenvalue weighted by atomic mass is 16.2. The molecule has 1 aliphatic carbocycles. The second kappa shape index (κ2) is 10.7.